The Kier molecular flexibility index (Phi) is 2.70. The van der Waals surface area contributed by atoms with Crippen LogP contribution in [0.15, 0.2) is 36.5 Å². The maximum absolute atomic E-state index is 8.84. The second kappa shape index (κ2) is 4.16. The standard InChI is InChI=1S/C14H12N2/c1-10-5-11(2)7-13(6-10)14-8-12(9-15)3-4-16-14/h3-8H,1-2H3. The smallest absolute Gasteiger partial charge is 0.0992 e. The maximum Gasteiger partial charge on any atom is 0.0992 e. The first-order valence-corrected chi connectivity index (χ1v) is 5.14. The van der Waals surface area contributed by atoms with Crippen molar-refractivity contribution in [2.45, 2.75) is 13.8 Å². The molecule has 0 aliphatic rings. The molecular formula is C14H12N2. The first kappa shape index (κ1) is 10.4. The van der Waals surface area contributed by atoms with Crippen molar-refractivity contribution in [1.29, 1.82) is 5.26 Å². The lowest BCUT2D eigenvalue weighted by atomic mass is 10.0. The molecule has 0 bridgehead atoms. The summed E-state index contributed by atoms with van der Waals surface area (Å²) in [6, 6.07) is 11.9. The Morgan fingerprint density at radius 2 is 1.75 bits per heavy atom. The highest BCUT2D eigenvalue weighted by Gasteiger charge is 2.02. The molecule has 2 rings (SSSR count). The highest BCUT2D eigenvalue weighted by atomic mass is 14.7. The van der Waals surface area contributed by atoms with E-state index in [1.54, 1.807) is 12.3 Å². The molecule has 2 nitrogen and oxygen atoms in total. The summed E-state index contributed by atoms with van der Waals surface area (Å²) in [5.74, 6) is 0. The van der Waals surface area contributed by atoms with Gasteiger partial charge in [-0.1, -0.05) is 17.2 Å². The van der Waals surface area contributed by atoms with Crippen LogP contribution in [0.3, 0.4) is 0 Å². The van der Waals surface area contributed by atoms with E-state index < -0.39 is 0 Å². The average molecular weight is 208 g/mol. The summed E-state index contributed by atoms with van der Waals surface area (Å²) in [6.07, 6.45) is 1.67. The summed E-state index contributed by atoms with van der Waals surface area (Å²) >= 11 is 0. The molecule has 0 atom stereocenters. The van der Waals surface area contributed by atoms with Crippen molar-refractivity contribution in [2.75, 3.05) is 0 Å². The number of nitrogens with zero attached hydrogens (tertiary/aromatic N) is 2. The quantitative estimate of drug-likeness (QED) is 0.721. The molecule has 0 aliphatic carbocycles. The third kappa shape index (κ3) is 2.09. The van der Waals surface area contributed by atoms with Gasteiger partial charge in [0.15, 0.2) is 0 Å². The Labute approximate surface area is 95.2 Å². The molecule has 2 heteroatoms. The zero-order valence-electron chi connectivity index (χ0n) is 9.36. The van der Waals surface area contributed by atoms with Crippen LogP contribution in [0, 0.1) is 25.2 Å². The number of rotatable bonds is 1. The predicted molar refractivity (Wildman–Crippen MR) is 63.9 cm³/mol. The first-order valence-electron chi connectivity index (χ1n) is 5.14. The van der Waals surface area contributed by atoms with Gasteiger partial charge in [-0.25, -0.2) is 0 Å². The van der Waals surface area contributed by atoms with Crippen LogP contribution in [-0.2, 0) is 0 Å². The van der Waals surface area contributed by atoms with E-state index in [0.717, 1.165) is 11.3 Å². The zero-order valence-corrected chi connectivity index (χ0v) is 9.36. The average Bonchev–Trinajstić information content (AvgIpc) is 2.28. The second-order valence-corrected chi connectivity index (χ2v) is 3.92. The highest BCUT2D eigenvalue weighted by Crippen LogP contribution is 2.20. The van der Waals surface area contributed by atoms with Crippen molar-refractivity contribution >= 4 is 0 Å². The van der Waals surface area contributed by atoms with Gasteiger partial charge in [-0.15, -0.1) is 0 Å². The van der Waals surface area contributed by atoms with Gasteiger partial charge in [0.05, 0.1) is 17.3 Å². The Hall–Kier alpha value is -2.14. The molecule has 0 spiro atoms. The van der Waals surface area contributed by atoms with Gasteiger partial charge >= 0.3 is 0 Å². The topological polar surface area (TPSA) is 36.7 Å². The fraction of sp³-hybridized carbons (Fsp3) is 0.143. The Balaban J connectivity index is 2.54. The summed E-state index contributed by atoms with van der Waals surface area (Å²) in [4.78, 5) is 4.29. The van der Waals surface area contributed by atoms with Crippen LogP contribution in [-0.4, -0.2) is 4.98 Å². The van der Waals surface area contributed by atoms with Gasteiger partial charge < -0.3 is 0 Å². The van der Waals surface area contributed by atoms with E-state index in [4.69, 9.17) is 5.26 Å². The van der Waals surface area contributed by atoms with Gasteiger partial charge in [0, 0.05) is 11.8 Å². The number of nitriles is 1. The fourth-order valence-electron chi connectivity index (χ4n) is 1.78. The minimum absolute atomic E-state index is 0.643. The largest absolute Gasteiger partial charge is 0.256 e. The Morgan fingerprint density at radius 3 is 2.38 bits per heavy atom. The third-order valence-electron chi connectivity index (χ3n) is 2.41. The molecule has 78 valence electrons. The zero-order chi connectivity index (χ0) is 11.5. The van der Waals surface area contributed by atoms with E-state index in [2.05, 4.69) is 43.1 Å². The number of aromatic nitrogens is 1. The minimum Gasteiger partial charge on any atom is -0.256 e. The van der Waals surface area contributed by atoms with Gasteiger partial charge in [-0.05, 0) is 38.1 Å². The van der Waals surface area contributed by atoms with Crippen molar-refractivity contribution in [2.24, 2.45) is 0 Å². The summed E-state index contributed by atoms with van der Waals surface area (Å²) in [7, 11) is 0. The Morgan fingerprint density at radius 1 is 1.06 bits per heavy atom. The Bertz CT molecular complexity index is 545. The third-order valence-corrected chi connectivity index (χ3v) is 2.41. The van der Waals surface area contributed by atoms with E-state index in [-0.39, 0.29) is 0 Å². The lowest BCUT2D eigenvalue weighted by molar-refractivity contribution is 1.29. The number of aryl methyl sites for hydroxylation is 2. The van der Waals surface area contributed by atoms with Crippen LogP contribution in [0.25, 0.3) is 11.3 Å². The molecule has 0 saturated carbocycles. The van der Waals surface area contributed by atoms with Crippen molar-refractivity contribution in [1.82, 2.24) is 4.98 Å². The predicted octanol–water partition coefficient (Wildman–Crippen LogP) is 3.24. The number of hydrogen-bond acceptors (Lipinski definition) is 2. The molecule has 1 aromatic heterocycles. The van der Waals surface area contributed by atoms with Crippen LogP contribution in [0.4, 0.5) is 0 Å². The molecule has 0 fully saturated rings. The van der Waals surface area contributed by atoms with Gasteiger partial charge in [0.2, 0.25) is 0 Å². The molecule has 1 aromatic carbocycles. The van der Waals surface area contributed by atoms with Gasteiger partial charge in [0.25, 0.3) is 0 Å². The molecule has 1 heterocycles. The van der Waals surface area contributed by atoms with Crippen molar-refractivity contribution in [3.05, 3.63) is 53.2 Å². The molecule has 0 radical (unpaired) electrons. The molecule has 0 unspecified atom stereocenters. The van der Waals surface area contributed by atoms with E-state index in [9.17, 15) is 0 Å². The van der Waals surface area contributed by atoms with Crippen molar-refractivity contribution < 1.29 is 0 Å². The second-order valence-electron chi connectivity index (χ2n) is 3.92. The van der Waals surface area contributed by atoms with Crippen LogP contribution < -0.4 is 0 Å². The van der Waals surface area contributed by atoms with Gasteiger partial charge in [0.1, 0.15) is 0 Å². The molecule has 0 saturated heterocycles. The fourth-order valence-corrected chi connectivity index (χ4v) is 1.78. The van der Waals surface area contributed by atoms with Crippen LogP contribution in [0.5, 0.6) is 0 Å². The van der Waals surface area contributed by atoms with Crippen molar-refractivity contribution in [3.63, 3.8) is 0 Å². The number of hydrogen-bond donors (Lipinski definition) is 0. The maximum atomic E-state index is 8.84. The molecule has 0 amide bonds. The monoisotopic (exact) mass is 208 g/mol. The van der Waals surface area contributed by atoms with Crippen LogP contribution >= 0.6 is 0 Å². The molecule has 0 N–H and O–H groups in total. The number of pyridine rings is 1. The van der Waals surface area contributed by atoms with E-state index in [0.29, 0.717) is 5.56 Å². The van der Waals surface area contributed by atoms with E-state index >= 15 is 0 Å². The molecule has 2 aromatic rings. The number of benzene rings is 1. The lowest BCUT2D eigenvalue weighted by Gasteiger charge is -2.04. The minimum atomic E-state index is 0.643. The van der Waals surface area contributed by atoms with Crippen LogP contribution in [0.2, 0.25) is 0 Å². The normalized spacial score (nSPS) is 9.81. The summed E-state index contributed by atoms with van der Waals surface area (Å²) in [5, 5.41) is 8.84. The van der Waals surface area contributed by atoms with E-state index in [1.165, 1.54) is 11.1 Å². The summed E-state index contributed by atoms with van der Waals surface area (Å²) < 4.78 is 0. The summed E-state index contributed by atoms with van der Waals surface area (Å²) in [6.45, 7) is 4.12. The van der Waals surface area contributed by atoms with Crippen molar-refractivity contribution in [3.8, 4) is 17.3 Å². The lowest BCUT2D eigenvalue weighted by Crippen LogP contribution is -1.87. The van der Waals surface area contributed by atoms with Gasteiger partial charge in [-0.3, -0.25) is 4.98 Å². The molecule has 16 heavy (non-hydrogen) atoms. The highest BCUT2D eigenvalue weighted by molar-refractivity contribution is 5.62. The SMILES string of the molecule is Cc1cc(C)cc(-c2cc(C#N)ccn2)c1. The van der Waals surface area contributed by atoms with Crippen LogP contribution in [0.1, 0.15) is 16.7 Å². The molecular weight excluding hydrogens is 196 g/mol. The van der Waals surface area contributed by atoms with E-state index in [1.807, 2.05) is 6.07 Å². The summed E-state index contributed by atoms with van der Waals surface area (Å²) in [5.41, 5.74) is 4.97. The first-order chi connectivity index (χ1) is 7.69. The van der Waals surface area contributed by atoms with Gasteiger partial charge in [-0.2, -0.15) is 5.26 Å². The molecule has 0 aliphatic heterocycles.